The van der Waals surface area contributed by atoms with E-state index in [2.05, 4.69) is 20.3 Å². The fraction of sp³-hybridized carbons (Fsp3) is 0.300. The number of oxazole rings is 1. The zero-order chi connectivity index (χ0) is 20.7. The number of nitrogens with one attached hydrogen (secondary N) is 1. The maximum absolute atomic E-state index is 12.3. The van der Waals surface area contributed by atoms with Gasteiger partial charge >= 0.3 is 0 Å². The van der Waals surface area contributed by atoms with E-state index in [1.54, 1.807) is 18.3 Å². The smallest absolute Gasteiger partial charge is 0.251 e. The van der Waals surface area contributed by atoms with Gasteiger partial charge in [-0.25, -0.2) is 9.97 Å². The maximum Gasteiger partial charge on any atom is 0.251 e. The highest BCUT2D eigenvalue weighted by Gasteiger charge is 2.20. The van der Waals surface area contributed by atoms with Crippen molar-refractivity contribution in [2.24, 2.45) is 12.8 Å². The minimum Gasteiger partial charge on any atom is -0.418 e. The second kappa shape index (κ2) is 7.26. The maximum atomic E-state index is 12.3. The van der Waals surface area contributed by atoms with Gasteiger partial charge in [0.2, 0.25) is 5.89 Å². The summed E-state index contributed by atoms with van der Waals surface area (Å²) in [5.41, 5.74) is 10.2. The van der Waals surface area contributed by atoms with E-state index in [0.717, 1.165) is 16.6 Å². The van der Waals surface area contributed by atoms with Gasteiger partial charge in [-0.05, 0) is 31.8 Å². The number of hydrogen-bond donors (Lipinski definition) is 2. The van der Waals surface area contributed by atoms with Crippen molar-refractivity contribution in [1.82, 2.24) is 24.4 Å². The molecule has 9 nitrogen and oxygen atoms in total. The van der Waals surface area contributed by atoms with Gasteiger partial charge in [0, 0.05) is 19.7 Å². The lowest BCUT2D eigenvalue weighted by Crippen LogP contribution is -2.30. The van der Waals surface area contributed by atoms with Gasteiger partial charge in [0.1, 0.15) is 11.0 Å². The van der Waals surface area contributed by atoms with E-state index in [4.69, 9.17) is 10.2 Å². The fourth-order valence-corrected chi connectivity index (χ4v) is 3.34. The number of fused-ring (bicyclic) bond motifs is 3. The predicted molar refractivity (Wildman–Crippen MR) is 112 cm³/mol. The van der Waals surface area contributed by atoms with E-state index in [1.165, 1.54) is 0 Å². The molecule has 0 amide bonds. The van der Waals surface area contributed by atoms with Gasteiger partial charge in [-0.1, -0.05) is 12.1 Å². The molecule has 0 saturated carbocycles. The van der Waals surface area contributed by atoms with Crippen LogP contribution in [0.25, 0.3) is 33.7 Å². The molecule has 0 spiro atoms. The van der Waals surface area contributed by atoms with Crippen LogP contribution in [0.2, 0.25) is 0 Å². The Balaban J connectivity index is 1.78. The van der Waals surface area contributed by atoms with Crippen LogP contribution in [-0.4, -0.2) is 57.9 Å². The first-order valence-electron chi connectivity index (χ1n) is 9.21. The average molecular weight is 393 g/mol. The van der Waals surface area contributed by atoms with Crippen LogP contribution in [0.4, 0.5) is 5.82 Å². The number of carbonyl (C=O) groups is 1. The van der Waals surface area contributed by atoms with Crippen molar-refractivity contribution in [2.45, 2.75) is 6.04 Å². The summed E-state index contributed by atoms with van der Waals surface area (Å²) in [6, 6.07) is 6.67. The lowest BCUT2D eigenvalue weighted by atomic mass is 10.0. The Labute approximate surface area is 167 Å². The molecule has 0 bridgehead atoms. The lowest BCUT2D eigenvalue weighted by Gasteiger charge is -2.15. The number of rotatable bonds is 6. The summed E-state index contributed by atoms with van der Waals surface area (Å²) in [7, 11) is 7.36. The molecule has 0 radical (unpaired) electrons. The van der Waals surface area contributed by atoms with Gasteiger partial charge in [0.25, 0.3) is 5.71 Å². The molecule has 0 aliphatic heterocycles. The number of pyridine rings is 1. The van der Waals surface area contributed by atoms with Gasteiger partial charge in [-0.3, -0.25) is 4.79 Å². The molecule has 3 heterocycles. The number of nitrogens with two attached hydrogens (primary N) is 1. The second-order valence-corrected chi connectivity index (χ2v) is 7.24. The summed E-state index contributed by atoms with van der Waals surface area (Å²) in [6.07, 6.45) is 1.72. The largest absolute Gasteiger partial charge is 0.418 e. The third-order valence-corrected chi connectivity index (χ3v) is 4.76. The third kappa shape index (κ3) is 3.34. The van der Waals surface area contributed by atoms with E-state index < -0.39 is 6.04 Å². The summed E-state index contributed by atoms with van der Waals surface area (Å²) < 4.78 is 7.84. The number of nitrogens with zero attached hydrogens (tertiary/aromatic N) is 5. The summed E-state index contributed by atoms with van der Waals surface area (Å²) in [5, 5.41) is 3.04. The predicted octanol–water partition coefficient (Wildman–Crippen LogP) is 1.95. The molecule has 1 unspecified atom stereocenters. The molecule has 1 atom stereocenters. The molecule has 0 fully saturated rings. The normalized spacial score (nSPS) is 12.8. The summed E-state index contributed by atoms with van der Waals surface area (Å²) in [5.74, 6) is 0.986. The Morgan fingerprint density at radius 3 is 2.83 bits per heavy atom. The van der Waals surface area contributed by atoms with Crippen molar-refractivity contribution < 1.29 is 9.21 Å². The number of anilines is 1. The Kier molecular flexibility index (Phi) is 4.77. The van der Waals surface area contributed by atoms with Crippen molar-refractivity contribution in [3.05, 3.63) is 36.2 Å². The van der Waals surface area contributed by atoms with Crippen LogP contribution in [0.15, 0.2) is 35.0 Å². The Bertz CT molecular complexity index is 1210. The van der Waals surface area contributed by atoms with Gasteiger partial charge in [-0.2, -0.15) is 4.98 Å². The van der Waals surface area contributed by atoms with Crippen LogP contribution >= 0.6 is 0 Å². The number of Topliss-reactive ketones (excluding diaryl/α,β-unsaturated/α-hetero) is 1. The van der Waals surface area contributed by atoms with E-state index in [9.17, 15) is 4.79 Å². The van der Waals surface area contributed by atoms with Crippen LogP contribution < -0.4 is 11.1 Å². The standard InChI is InChI=1S/C20H23N7O2/c1-22-18-15-17(27(4)10-23-15)16-20(25-18)29-19(24-16)12-7-5-6-11(8-12)14(21)13(28)9-26(2)3/h5-8,10,14H,9,21H2,1-4H3,(H,22,25). The molecule has 4 rings (SSSR count). The number of carbonyl (C=O) groups excluding carboxylic acids is 1. The first-order chi connectivity index (χ1) is 13.9. The topological polar surface area (TPSA) is 115 Å². The number of benzene rings is 1. The zero-order valence-corrected chi connectivity index (χ0v) is 16.8. The van der Waals surface area contributed by atoms with Crippen LogP contribution in [0, 0.1) is 0 Å². The zero-order valence-electron chi connectivity index (χ0n) is 16.8. The highest BCUT2D eigenvalue weighted by molar-refractivity contribution is 6.03. The van der Waals surface area contributed by atoms with Crippen LogP contribution in [0.1, 0.15) is 11.6 Å². The molecule has 1 aromatic carbocycles. The molecule has 0 aliphatic carbocycles. The average Bonchev–Trinajstić information content (AvgIpc) is 3.29. The number of ketones is 1. The molecule has 0 saturated heterocycles. The van der Waals surface area contributed by atoms with Crippen LogP contribution in [0.3, 0.4) is 0 Å². The molecule has 3 aromatic heterocycles. The van der Waals surface area contributed by atoms with E-state index in [1.807, 2.05) is 50.0 Å². The van der Waals surface area contributed by atoms with E-state index >= 15 is 0 Å². The van der Waals surface area contributed by atoms with Gasteiger partial charge in [0.05, 0.1) is 18.9 Å². The van der Waals surface area contributed by atoms with E-state index in [-0.39, 0.29) is 12.3 Å². The first-order valence-corrected chi connectivity index (χ1v) is 9.21. The van der Waals surface area contributed by atoms with Gasteiger partial charge < -0.3 is 24.9 Å². The van der Waals surface area contributed by atoms with Gasteiger partial charge in [0.15, 0.2) is 17.1 Å². The number of aromatic nitrogens is 4. The summed E-state index contributed by atoms with van der Waals surface area (Å²) >= 11 is 0. The monoisotopic (exact) mass is 393 g/mol. The third-order valence-electron chi connectivity index (χ3n) is 4.76. The first kappa shape index (κ1) is 19.0. The lowest BCUT2D eigenvalue weighted by molar-refractivity contribution is -0.121. The molecule has 29 heavy (non-hydrogen) atoms. The minimum atomic E-state index is -0.709. The summed E-state index contributed by atoms with van der Waals surface area (Å²) in [6.45, 7) is 0.281. The number of imidazole rings is 1. The highest BCUT2D eigenvalue weighted by Crippen LogP contribution is 2.31. The number of aryl methyl sites for hydroxylation is 1. The van der Waals surface area contributed by atoms with Crippen molar-refractivity contribution >= 4 is 33.9 Å². The van der Waals surface area contributed by atoms with Gasteiger partial charge in [-0.15, -0.1) is 0 Å². The minimum absolute atomic E-state index is 0.0540. The van der Waals surface area contributed by atoms with Crippen molar-refractivity contribution in [2.75, 3.05) is 33.0 Å². The summed E-state index contributed by atoms with van der Waals surface area (Å²) in [4.78, 5) is 27.7. The number of hydrogen-bond acceptors (Lipinski definition) is 8. The molecule has 4 aromatic rings. The van der Waals surface area contributed by atoms with Crippen molar-refractivity contribution in [3.8, 4) is 11.5 Å². The molecule has 150 valence electrons. The van der Waals surface area contributed by atoms with Crippen molar-refractivity contribution in [3.63, 3.8) is 0 Å². The molecular formula is C20H23N7O2. The fourth-order valence-electron chi connectivity index (χ4n) is 3.34. The second-order valence-electron chi connectivity index (χ2n) is 7.24. The molecule has 0 aliphatic rings. The Morgan fingerprint density at radius 2 is 2.10 bits per heavy atom. The van der Waals surface area contributed by atoms with E-state index in [0.29, 0.717) is 28.5 Å². The number of likely N-dealkylation sites (N-methyl/N-ethyl adjacent to an activating group) is 1. The Morgan fingerprint density at radius 1 is 1.31 bits per heavy atom. The van der Waals surface area contributed by atoms with Crippen LogP contribution in [-0.2, 0) is 11.8 Å². The SMILES string of the molecule is CNc1nc2oc(-c3cccc(C(N)C(=O)CN(C)C)c3)nc2c2c1ncn2C. The molecule has 9 heteroatoms. The van der Waals surface area contributed by atoms with Crippen LogP contribution in [0.5, 0.6) is 0 Å². The molecular weight excluding hydrogens is 370 g/mol. The quantitative estimate of drug-likeness (QED) is 0.511. The molecule has 3 N–H and O–H groups in total. The van der Waals surface area contributed by atoms with Crippen molar-refractivity contribution in [1.29, 1.82) is 0 Å². The Hall–Kier alpha value is -3.30. The highest BCUT2D eigenvalue weighted by atomic mass is 16.4.